The number of hydrogen-bond donors (Lipinski definition) is 1. The van der Waals surface area contributed by atoms with Gasteiger partial charge in [0.15, 0.2) is 0 Å². The highest BCUT2D eigenvalue weighted by Gasteiger charge is 1.94. The van der Waals surface area contributed by atoms with Crippen molar-refractivity contribution < 1.29 is 0 Å². The Morgan fingerprint density at radius 2 is 1.29 bits per heavy atom. The molecule has 2 aromatic carbocycles. The molecule has 0 aliphatic carbocycles. The van der Waals surface area contributed by atoms with Gasteiger partial charge in [0.25, 0.3) is 7.41 Å². The maximum Gasteiger partial charge on any atom is 0.282 e. The molecule has 0 bridgehead atoms. The Morgan fingerprint density at radius 3 is 1.93 bits per heavy atom. The summed E-state index contributed by atoms with van der Waals surface area (Å²) >= 11 is 0. The number of benzene rings is 2. The molecule has 0 heterocycles. The molecule has 0 unspecified atom stereocenters. The van der Waals surface area contributed by atoms with Crippen LogP contribution < -0.4 is 10.7 Å². The minimum absolute atomic E-state index is 1.11. The first-order chi connectivity index (χ1) is 6.95. The Kier molecular flexibility index (Phi) is 2.87. The first-order valence-electron chi connectivity index (χ1n) is 4.65. The van der Waals surface area contributed by atoms with Crippen molar-refractivity contribution >= 4 is 18.6 Å². The van der Waals surface area contributed by atoms with Crippen molar-refractivity contribution in [3.05, 3.63) is 60.7 Å². The molecule has 14 heavy (non-hydrogen) atoms. The largest absolute Gasteiger partial charge is 0.428 e. The molecule has 2 heteroatoms. The van der Waals surface area contributed by atoms with Crippen molar-refractivity contribution in [3.63, 3.8) is 0 Å². The monoisotopic (exact) mass is 180 g/mol. The van der Waals surface area contributed by atoms with E-state index in [0.717, 1.165) is 5.69 Å². The van der Waals surface area contributed by atoms with Crippen molar-refractivity contribution in [2.24, 2.45) is 0 Å². The number of para-hydroxylation sites is 1. The molecular formula is C12H11BN. The van der Waals surface area contributed by atoms with Crippen LogP contribution in [0.15, 0.2) is 60.7 Å². The number of rotatable bonds is 3. The molecule has 0 atom stereocenters. The molecule has 0 fully saturated rings. The Balaban J connectivity index is 1.96. The minimum atomic E-state index is 1.11. The van der Waals surface area contributed by atoms with Crippen molar-refractivity contribution in [1.29, 1.82) is 0 Å². The maximum atomic E-state index is 3.24. The number of anilines is 1. The minimum Gasteiger partial charge on any atom is -0.428 e. The summed E-state index contributed by atoms with van der Waals surface area (Å²) in [6, 6.07) is 20.3. The molecule has 1 N–H and O–H groups in total. The molecule has 2 rings (SSSR count). The highest BCUT2D eigenvalue weighted by Crippen LogP contribution is 2.02. The molecule has 0 aromatic heterocycles. The second-order valence-electron chi connectivity index (χ2n) is 3.07. The van der Waals surface area contributed by atoms with E-state index in [9.17, 15) is 0 Å². The van der Waals surface area contributed by atoms with Crippen LogP contribution in [-0.2, 0) is 0 Å². The average Bonchev–Trinajstić information content (AvgIpc) is 2.29. The van der Waals surface area contributed by atoms with Crippen LogP contribution in [0.4, 0.5) is 5.69 Å². The second-order valence-corrected chi connectivity index (χ2v) is 3.07. The fraction of sp³-hybridized carbons (Fsp3) is 0. The summed E-state index contributed by atoms with van der Waals surface area (Å²) < 4.78 is 0. The second kappa shape index (κ2) is 4.52. The van der Waals surface area contributed by atoms with E-state index in [1.165, 1.54) is 5.46 Å². The van der Waals surface area contributed by atoms with Crippen LogP contribution in [0.25, 0.3) is 0 Å². The fourth-order valence-corrected chi connectivity index (χ4v) is 1.25. The van der Waals surface area contributed by atoms with E-state index >= 15 is 0 Å². The van der Waals surface area contributed by atoms with Gasteiger partial charge >= 0.3 is 0 Å². The van der Waals surface area contributed by atoms with E-state index in [0.29, 0.717) is 0 Å². The lowest BCUT2D eigenvalue weighted by atomic mass is 9.83. The van der Waals surface area contributed by atoms with Gasteiger partial charge in [0.1, 0.15) is 0 Å². The van der Waals surface area contributed by atoms with Gasteiger partial charge in [-0.05, 0) is 12.1 Å². The Labute approximate surface area is 85.0 Å². The van der Waals surface area contributed by atoms with Crippen molar-refractivity contribution in [3.8, 4) is 0 Å². The summed E-state index contributed by atoms with van der Waals surface area (Å²) in [7, 11) is 2.00. The average molecular weight is 180 g/mol. The van der Waals surface area contributed by atoms with Gasteiger partial charge in [-0.1, -0.05) is 54.0 Å². The van der Waals surface area contributed by atoms with Gasteiger partial charge in [0.05, 0.1) is 0 Å². The molecule has 1 nitrogen and oxygen atoms in total. The lowest BCUT2D eigenvalue weighted by Crippen LogP contribution is -2.21. The van der Waals surface area contributed by atoms with Crippen molar-refractivity contribution in [1.82, 2.24) is 0 Å². The summed E-state index contributed by atoms with van der Waals surface area (Å²) in [5, 5.41) is 3.24. The highest BCUT2D eigenvalue weighted by atomic mass is 14.8. The van der Waals surface area contributed by atoms with Crippen LogP contribution in [0.1, 0.15) is 0 Å². The van der Waals surface area contributed by atoms with Gasteiger partial charge < -0.3 is 5.23 Å². The zero-order chi connectivity index (χ0) is 9.64. The summed E-state index contributed by atoms with van der Waals surface area (Å²) in [4.78, 5) is 0. The van der Waals surface area contributed by atoms with Gasteiger partial charge in [0, 0.05) is 5.69 Å². The summed E-state index contributed by atoms with van der Waals surface area (Å²) in [5.74, 6) is 0. The first kappa shape index (κ1) is 8.88. The third-order valence-corrected chi connectivity index (χ3v) is 1.98. The van der Waals surface area contributed by atoms with Gasteiger partial charge in [-0.2, -0.15) is 0 Å². The SMILES string of the molecule is [B](Nc1ccccc1)c1ccccc1. The van der Waals surface area contributed by atoms with Crippen LogP contribution in [-0.4, -0.2) is 7.41 Å². The molecule has 0 aliphatic rings. The van der Waals surface area contributed by atoms with Crippen LogP contribution in [0.5, 0.6) is 0 Å². The molecular weight excluding hydrogens is 169 g/mol. The number of nitrogens with one attached hydrogen (secondary N) is 1. The molecule has 67 valence electrons. The quantitative estimate of drug-likeness (QED) is 0.712. The molecule has 0 amide bonds. The van der Waals surface area contributed by atoms with Gasteiger partial charge in [-0.15, -0.1) is 0 Å². The molecule has 0 saturated carbocycles. The number of hydrogen-bond acceptors (Lipinski definition) is 1. The molecule has 0 aliphatic heterocycles. The first-order valence-corrected chi connectivity index (χ1v) is 4.65. The summed E-state index contributed by atoms with van der Waals surface area (Å²) in [6.45, 7) is 0. The zero-order valence-electron chi connectivity index (χ0n) is 7.85. The van der Waals surface area contributed by atoms with Gasteiger partial charge in [0.2, 0.25) is 0 Å². The standard InChI is InChI=1S/C12H11BN/c1-3-7-11(8-4-1)13-14-12-9-5-2-6-10-12/h1-10,14H. The normalized spacial score (nSPS) is 9.43. The molecule has 2 aromatic rings. The third-order valence-electron chi connectivity index (χ3n) is 1.98. The van der Waals surface area contributed by atoms with E-state index in [2.05, 4.69) is 17.4 Å². The highest BCUT2D eigenvalue weighted by molar-refractivity contribution is 6.56. The van der Waals surface area contributed by atoms with Crippen LogP contribution in [0, 0.1) is 0 Å². The zero-order valence-corrected chi connectivity index (χ0v) is 7.85. The summed E-state index contributed by atoms with van der Waals surface area (Å²) in [5.41, 5.74) is 2.28. The van der Waals surface area contributed by atoms with E-state index in [4.69, 9.17) is 0 Å². The van der Waals surface area contributed by atoms with Crippen LogP contribution in [0.3, 0.4) is 0 Å². The van der Waals surface area contributed by atoms with Crippen LogP contribution in [0.2, 0.25) is 0 Å². The van der Waals surface area contributed by atoms with Crippen molar-refractivity contribution in [2.45, 2.75) is 0 Å². The smallest absolute Gasteiger partial charge is 0.282 e. The van der Waals surface area contributed by atoms with Gasteiger partial charge in [-0.3, -0.25) is 0 Å². The fourth-order valence-electron chi connectivity index (χ4n) is 1.25. The Morgan fingerprint density at radius 1 is 0.714 bits per heavy atom. The Bertz CT molecular complexity index is 333. The van der Waals surface area contributed by atoms with E-state index < -0.39 is 0 Å². The Hall–Kier alpha value is -1.70. The third kappa shape index (κ3) is 2.39. The molecule has 1 radical (unpaired) electrons. The van der Waals surface area contributed by atoms with E-state index in [1.54, 1.807) is 0 Å². The van der Waals surface area contributed by atoms with E-state index in [-0.39, 0.29) is 0 Å². The predicted molar refractivity (Wildman–Crippen MR) is 61.9 cm³/mol. The van der Waals surface area contributed by atoms with E-state index in [1.807, 2.05) is 55.9 Å². The van der Waals surface area contributed by atoms with Gasteiger partial charge in [-0.25, -0.2) is 0 Å². The maximum absolute atomic E-state index is 3.24. The molecule has 0 saturated heterocycles. The summed E-state index contributed by atoms with van der Waals surface area (Å²) in [6.07, 6.45) is 0. The molecule has 0 spiro atoms. The van der Waals surface area contributed by atoms with Crippen LogP contribution >= 0.6 is 0 Å². The lowest BCUT2D eigenvalue weighted by Gasteiger charge is -2.03. The predicted octanol–water partition coefficient (Wildman–Crippen LogP) is 2.04. The topological polar surface area (TPSA) is 12.0 Å². The van der Waals surface area contributed by atoms with Crippen molar-refractivity contribution in [2.75, 3.05) is 5.23 Å². The lowest BCUT2D eigenvalue weighted by molar-refractivity contribution is 1.66.